The highest BCUT2D eigenvalue weighted by Gasteiger charge is 2.16. The molecular weight excluding hydrogens is 270 g/mol. The number of anilines is 1. The van der Waals surface area contributed by atoms with Crippen molar-refractivity contribution in [3.63, 3.8) is 0 Å². The van der Waals surface area contributed by atoms with Crippen LogP contribution in [0.15, 0.2) is 24.3 Å². The third-order valence-corrected chi connectivity index (χ3v) is 2.79. The minimum atomic E-state index is -2.85. The average molecular weight is 286 g/mol. The summed E-state index contributed by atoms with van der Waals surface area (Å²) in [5, 5.41) is 5.87. The van der Waals surface area contributed by atoms with Crippen molar-refractivity contribution in [3.8, 4) is 5.75 Å². The summed E-state index contributed by atoms with van der Waals surface area (Å²) in [6.07, 6.45) is 0.301. The van der Waals surface area contributed by atoms with E-state index in [4.69, 9.17) is 4.74 Å². The summed E-state index contributed by atoms with van der Waals surface area (Å²) >= 11 is 0. The van der Waals surface area contributed by atoms with Gasteiger partial charge in [-0.05, 0) is 24.3 Å². The lowest BCUT2D eigenvalue weighted by Gasteiger charge is -2.23. The van der Waals surface area contributed by atoms with Crippen molar-refractivity contribution < 1.29 is 23.0 Å². The SMILES string of the molecule is O=C(CC1COCCN1)Nc1ccc(OC(F)F)cc1. The zero-order chi connectivity index (χ0) is 14.4. The highest BCUT2D eigenvalue weighted by atomic mass is 19.3. The molecule has 2 N–H and O–H groups in total. The standard InChI is InChI=1S/C13H16F2N2O3/c14-13(15)20-11-3-1-9(2-4-11)17-12(18)7-10-8-19-6-5-16-10/h1-4,10,13,16H,5-8H2,(H,17,18). The molecule has 0 aromatic heterocycles. The monoisotopic (exact) mass is 286 g/mol. The van der Waals surface area contributed by atoms with E-state index in [2.05, 4.69) is 15.4 Å². The molecule has 1 aromatic carbocycles. The van der Waals surface area contributed by atoms with E-state index < -0.39 is 6.61 Å². The number of carbonyl (C=O) groups excluding carboxylic acids is 1. The summed E-state index contributed by atoms with van der Waals surface area (Å²) in [4.78, 5) is 11.8. The van der Waals surface area contributed by atoms with Crippen molar-refractivity contribution in [2.75, 3.05) is 25.1 Å². The smallest absolute Gasteiger partial charge is 0.387 e. The Labute approximate surface area is 115 Å². The lowest BCUT2D eigenvalue weighted by atomic mass is 10.2. The van der Waals surface area contributed by atoms with Crippen molar-refractivity contribution in [1.29, 1.82) is 0 Å². The summed E-state index contributed by atoms with van der Waals surface area (Å²) in [5.74, 6) is -0.101. The van der Waals surface area contributed by atoms with Gasteiger partial charge in [0.05, 0.1) is 13.2 Å². The number of benzene rings is 1. The number of ether oxygens (including phenoxy) is 2. The first-order valence-electron chi connectivity index (χ1n) is 6.29. The summed E-state index contributed by atoms with van der Waals surface area (Å²) in [5.41, 5.74) is 0.536. The Hall–Kier alpha value is -1.73. The van der Waals surface area contributed by atoms with Crippen LogP contribution < -0.4 is 15.4 Å². The van der Waals surface area contributed by atoms with E-state index >= 15 is 0 Å². The summed E-state index contributed by atoms with van der Waals surface area (Å²) in [7, 11) is 0. The molecule has 1 atom stereocenters. The maximum Gasteiger partial charge on any atom is 0.387 e. The van der Waals surface area contributed by atoms with Gasteiger partial charge in [0, 0.05) is 24.7 Å². The van der Waals surface area contributed by atoms with Crippen molar-refractivity contribution in [3.05, 3.63) is 24.3 Å². The van der Waals surface area contributed by atoms with E-state index in [9.17, 15) is 13.6 Å². The fraction of sp³-hybridized carbons (Fsp3) is 0.462. The molecule has 2 rings (SSSR count). The van der Waals surface area contributed by atoms with Gasteiger partial charge in [0.25, 0.3) is 0 Å². The molecule has 1 aliphatic heterocycles. The van der Waals surface area contributed by atoms with Gasteiger partial charge in [-0.15, -0.1) is 0 Å². The molecule has 0 saturated carbocycles. The van der Waals surface area contributed by atoms with E-state index in [-0.39, 0.29) is 17.7 Å². The number of alkyl halides is 2. The number of carbonyl (C=O) groups is 1. The molecule has 1 amide bonds. The molecule has 0 spiro atoms. The Balaban J connectivity index is 1.81. The quantitative estimate of drug-likeness (QED) is 0.863. The minimum absolute atomic E-state index is 0.00481. The third-order valence-electron chi connectivity index (χ3n) is 2.79. The summed E-state index contributed by atoms with van der Waals surface area (Å²) < 4.78 is 33.4. The van der Waals surface area contributed by atoms with Crippen molar-refractivity contribution >= 4 is 11.6 Å². The molecule has 5 nitrogen and oxygen atoms in total. The van der Waals surface area contributed by atoms with Crippen molar-refractivity contribution in [1.82, 2.24) is 5.32 Å². The van der Waals surface area contributed by atoms with Crippen LogP contribution in [0.5, 0.6) is 5.75 Å². The molecule has 1 unspecified atom stereocenters. The lowest BCUT2D eigenvalue weighted by Crippen LogP contribution is -2.43. The maximum atomic E-state index is 12.0. The average Bonchev–Trinajstić information content (AvgIpc) is 2.41. The van der Waals surface area contributed by atoms with E-state index in [0.717, 1.165) is 6.54 Å². The second-order valence-electron chi connectivity index (χ2n) is 4.38. The Bertz CT molecular complexity index is 434. The highest BCUT2D eigenvalue weighted by Crippen LogP contribution is 2.18. The molecule has 0 bridgehead atoms. The van der Waals surface area contributed by atoms with Gasteiger partial charge in [0.1, 0.15) is 5.75 Å². The minimum Gasteiger partial charge on any atom is -0.435 e. The van der Waals surface area contributed by atoms with Crippen LogP contribution in [0.4, 0.5) is 14.5 Å². The summed E-state index contributed by atoms with van der Waals surface area (Å²) in [6, 6.07) is 5.79. The molecule has 0 radical (unpaired) electrons. The number of nitrogens with one attached hydrogen (secondary N) is 2. The van der Waals surface area contributed by atoms with Crippen LogP contribution in [0.2, 0.25) is 0 Å². The second-order valence-corrected chi connectivity index (χ2v) is 4.38. The predicted octanol–water partition coefficient (Wildman–Crippen LogP) is 1.60. The van der Waals surface area contributed by atoms with Gasteiger partial charge in [-0.2, -0.15) is 8.78 Å². The number of hydrogen-bond acceptors (Lipinski definition) is 4. The van der Waals surface area contributed by atoms with E-state index in [1.54, 1.807) is 0 Å². The van der Waals surface area contributed by atoms with Crippen molar-refractivity contribution in [2.45, 2.75) is 19.1 Å². The first-order chi connectivity index (χ1) is 9.63. The Morgan fingerprint density at radius 2 is 2.20 bits per heavy atom. The molecule has 7 heteroatoms. The van der Waals surface area contributed by atoms with Gasteiger partial charge < -0.3 is 20.1 Å². The molecule has 1 aliphatic rings. The van der Waals surface area contributed by atoms with Gasteiger partial charge in [-0.3, -0.25) is 4.79 Å². The molecule has 110 valence electrons. The highest BCUT2D eigenvalue weighted by molar-refractivity contribution is 5.91. The topological polar surface area (TPSA) is 59.6 Å². The Kier molecular flexibility index (Phi) is 5.25. The largest absolute Gasteiger partial charge is 0.435 e. The number of morpholine rings is 1. The molecule has 1 saturated heterocycles. The number of amides is 1. The number of hydrogen-bond donors (Lipinski definition) is 2. The zero-order valence-electron chi connectivity index (χ0n) is 10.8. The maximum absolute atomic E-state index is 12.0. The zero-order valence-corrected chi connectivity index (χ0v) is 10.8. The first kappa shape index (κ1) is 14.7. The first-order valence-corrected chi connectivity index (χ1v) is 6.29. The van der Waals surface area contributed by atoms with Gasteiger partial charge in [-0.25, -0.2) is 0 Å². The normalized spacial score (nSPS) is 18.9. The lowest BCUT2D eigenvalue weighted by molar-refractivity contribution is -0.117. The van der Waals surface area contributed by atoms with Gasteiger partial charge >= 0.3 is 6.61 Å². The van der Waals surface area contributed by atoms with Crippen molar-refractivity contribution in [2.24, 2.45) is 0 Å². The van der Waals surface area contributed by atoms with Gasteiger partial charge in [0.2, 0.25) is 5.91 Å². The van der Waals surface area contributed by atoms with Crippen LogP contribution in [0.25, 0.3) is 0 Å². The molecule has 1 fully saturated rings. The van der Waals surface area contributed by atoms with Gasteiger partial charge in [0.15, 0.2) is 0 Å². The molecule has 20 heavy (non-hydrogen) atoms. The van der Waals surface area contributed by atoms with Gasteiger partial charge in [-0.1, -0.05) is 0 Å². The van der Waals surface area contributed by atoms with Crippen LogP contribution in [-0.2, 0) is 9.53 Å². The van der Waals surface area contributed by atoms with Crippen LogP contribution in [0.3, 0.4) is 0 Å². The van der Waals surface area contributed by atoms with Crippen LogP contribution in [-0.4, -0.2) is 38.3 Å². The van der Waals surface area contributed by atoms with E-state index in [1.807, 2.05) is 0 Å². The second kappa shape index (κ2) is 7.16. The predicted molar refractivity (Wildman–Crippen MR) is 68.9 cm³/mol. The van der Waals surface area contributed by atoms with E-state index in [0.29, 0.717) is 25.3 Å². The molecular formula is C13H16F2N2O3. The fourth-order valence-corrected chi connectivity index (χ4v) is 1.91. The Morgan fingerprint density at radius 1 is 1.45 bits per heavy atom. The van der Waals surface area contributed by atoms with Crippen LogP contribution in [0, 0.1) is 0 Å². The molecule has 1 aromatic rings. The third kappa shape index (κ3) is 4.75. The fourth-order valence-electron chi connectivity index (χ4n) is 1.91. The molecule has 1 heterocycles. The molecule has 0 aliphatic carbocycles. The number of rotatable bonds is 5. The van der Waals surface area contributed by atoms with Crippen LogP contribution >= 0.6 is 0 Å². The van der Waals surface area contributed by atoms with Crippen LogP contribution in [0.1, 0.15) is 6.42 Å². The van der Waals surface area contributed by atoms with E-state index in [1.165, 1.54) is 24.3 Å². The number of halogens is 2. The summed E-state index contributed by atoms with van der Waals surface area (Å²) in [6.45, 7) is -0.955. The Morgan fingerprint density at radius 3 is 2.80 bits per heavy atom.